The van der Waals surface area contributed by atoms with Gasteiger partial charge in [-0.15, -0.1) is 0 Å². The van der Waals surface area contributed by atoms with Gasteiger partial charge in [-0.3, -0.25) is 19.3 Å². The van der Waals surface area contributed by atoms with Crippen LogP contribution < -0.4 is 9.80 Å². The molecule has 0 radical (unpaired) electrons. The van der Waals surface area contributed by atoms with Gasteiger partial charge in [0.15, 0.2) is 11.8 Å². The number of rotatable bonds is 2. The van der Waals surface area contributed by atoms with E-state index in [9.17, 15) is 14.4 Å². The minimum Gasteiger partial charge on any atom is -0.293 e. The number of fused-ring (bicyclic) bond motifs is 5. The molecule has 28 heavy (non-hydrogen) atoms. The van der Waals surface area contributed by atoms with Crippen molar-refractivity contribution in [3.63, 3.8) is 0 Å². The Hall–Kier alpha value is -2.76. The van der Waals surface area contributed by atoms with Crippen LogP contribution in [0, 0.1) is 11.8 Å². The van der Waals surface area contributed by atoms with Crippen molar-refractivity contribution >= 4 is 41.0 Å². The van der Waals surface area contributed by atoms with Gasteiger partial charge in [-0.2, -0.15) is 0 Å². The summed E-state index contributed by atoms with van der Waals surface area (Å²) in [5, 5.41) is 0.344. The van der Waals surface area contributed by atoms with Crippen molar-refractivity contribution in [2.24, 2.45) is 11.8 Å². The summed E-state index contributed by atoms with van der Waals surface area (Å²) in [6.07, 6.45) is 3.90. The van der Waals surface area contributed by atoms with E-state index >= 15 is 0 Å². The molecule has 140 valence electrons. The molecule has 0 bridgehead atoms. The summed E-state index contributed by atoms with van der Waals surface area (Å²) in [5.74, 6) is -1.97. The van der Waals surface area contributed by atoms with Crippen LogP contribution >= 0.6 is 11.6 Å². The van der Waals surface area contributed by atoms with Crippen LogP contribution in [0.1, 0.15) is 24.1 Å². The van der Waals surface area contributed by atoms with Gasteiger partial charge in [0.05, 0.1) is 16.9 Å². The lowest BCUT2D eigenvalue weighted by molar-refractivity contribution is -0.884. The van der Waals surface area contributed by atoms with Gasteiger partial charge >= 0.3 is 0 Å². The average Bonchev–Trinajstić information content (AvgIpc) is 3.16. The van der Waals surface area contributed by atoms with Crippen molar-refractivity contribution < 1.29 is 19.3 Å². The highest BCUT2D eigenvalue weighted by Crippen LogP contribution is 2.45. The second kappa shape index (κ2) is 6.12. The standard InChI is InChI=1S/C22H17ClN2O3/c1-12(26)19-17-18(20-14-7-3-2-6-13(14)10-11-24(19)20)22(28)25(21(17)27)16-9-5-4-8-15(16)23/h2-11,17-20H,1H3/p+1/t17-,18+,19+,20-/m1/s1. The van der Waals surface area contributed by atoms with Gasteiger partial charge in [-0.25, -0.2) is 4.90 Å². The Balaban J connectivity index is 1.67. The molecule has 5 nitrogen and oxygen atoms in total. The molecule has 3 heterocycles. The molecule has 6 heteroatoms. The van der Waals surface area contributed by atoms with Crippen LogP contribution in [0.15, 0.2) is 54.7 Å². The summed E-state index contributed by atoms with van der Waals surface area (Å²) in [6.45, 7) is 1.50. The number of carbonyl (C=O) groups excluding carboxylic acids is 3. The highest BCUT2D eigenvalue weighted by atomic mass is 35.5. The van der Waals surface area contributed by atoms with E-state index in [-0.39, 0.29) is 23.6 Å². The molecule has 5 rings (SSSR count). The normalized spacial score (nSPS) is 30.2. The van der Waals surface area contributed by atoms with Gasteiger partial charge in [0.1, 0.15) is 17.9 Å². The van der Waals surface area contributed by atoms with Crippen LogP contribution in [0.4, 0.5) is 5.69 Å². The lowest BCUT2D eigenvalue weighted by Gasteiger charge is -2.30. The molecule has 5 atom stereocenters. The lowest BCUT2D eigenvalue weighted by atomic mass is 9.84. The van der Waals surface area contributed by atoms with Crippen LogP contribution in [0.3, 0.4) is 0 Å². The number of Topliss-reactive ketones (excluding diaryl/α,β-unsaturated/α-hetero) is 1. The average molecular weight is 394 g/mol. The zero-order chi connectivity index (χ0) is 19.6. The van der Waals surface area contributed by atoms with Gasteiger partial charge < -0.3 is 0 Å². The Bertz CT molecular complexity index is 1060. The second-order valence-electron chi connectivity index (χ2n) is 7.54. The highest BCUT2D eigenvalue weighted by Gasteiger charge is 2.67. The van der Waals surface area contributed by atoms with E-state index in [4.69, 9.17) is 11.6 Å². The number of para-hydroxylation sites is 1. The van der Waals surface area contributed by atoms with Crippen LogP contribution in [0.5, 0.6) is 0 Å². The molecule has 0 aliphatic carbocycles. The Morgan fingerprint density at radius 3 is 2.43 bits per heavy atom. The third-order valence-corrected chi connectivity index (χ3v) is 6.47. The molecule has 1 unspecified atom stereocenters. The quantitative estimate of drug-likeness (QED) is 0.794. The summed E-state index contributed by atoms with van der Waals surface area (Å²) in [5.41, 5.74) is 2.41. The summed E-state index contributed by atoms with van der Waals surface area (Å²) < 4.78 is 0. The van der Waals surface area contributed by atoms with Gasteiger partial charge in [-0.05, 0) is 23.8 Å². The molecular weight excluding hydrogens is 376 g/mol. The zero-order valence-corrected chi connectivity index (χ0v) is 15.9. The van der Waals surface area contributed by atoms with E-state index in [0.717, 1.165) is 16.0 Å². The number of hydrogen-bond acceptors (Lipinski definition) is 3. The van der Waals surface area contributed by atoms with Crippen molar-refractivity contribution in [3.05, 3.63) is 70.9 Å². The molecule has 1 N–H and O–H groups in total. The van der Waals surface area contributed by atoms with Crippen molar-refractivity contribution in [2.75, 3.05) is 4.90 Å². The van der Waals surface area contributed by atoms with E-state index in [2.05, 4.69) is 0 Å². The second-order valence-corrected chi connectivity index (χ2v) is 7.95. The number of ketones is 1. The first-order chi connectivity index (χ1) is 13.5. The number of amides is 2. The van der Waals surface area contributed by atoms with Crippen molar-refractivity contribution in [1.82, 2.24) is 0 Å². The summed E-state index contributed by atoms with van der Waals surface area (Å²) in [7, 11) is 0. The van der Waals surface area contributed by atoms with Gasteiger partial charge in [0.25, 0.3) is 0 Å². The van der Waals surface area contributed by atoms with Crippen LogP contribution in [-0.2, 0) is 14.4 Å². The Labute approximate surface area is 167 Å². The largest absolute Gasteiger partial charge is 0.293 e. The summed E-state index contributed by atoms with van der Waals surface area (Å²) in [4.78, 5) is 41.5. The van der Waals surface area contributed by atoms with E-state index in [1.165, 1.54) is 11.8 Å². The number of nitrogens with one attached hydrogen (secondary N) is 1. The summed E-state index contributed by atoms with van der Waals surface area (Å²) >= 11 is 6.28. The first-order valence-electron chi connectivity index (χ1n) is 9.27. The Morgan fingerprint density at radius 1 is 1.00 bits per heavy atom. The lowest BCUT2D eigenvalue weighted by Crippen LogP contribution is -3.12. The van der Waals surface area contributed by atoms with E-state index in [1.807, 2.05) is 36.5 Å². The Morgan fingerprint density at radius 2 is 1.68 bits per heavy atom. The zero-order valence-electron chi connectivity index (χ0n) is 15.1. The molecule has 2 fully saturated rings. The first kappa shape index (κ1) is 17.3. The number of carbonyl (C=O) groups is 3. The number of benzene rings is 2. The predicted molar refractivity (Wildman–Crippen MR) is 105 cm³/mol. The summed E-state index contributed by atoms with van der Waals surface area (Å²) in [6, 6.07) is 13.8. The molecule has 2 saturated heterocycles. The van der Waals surface area contributed by atoms with Gasteiger partial charge in [0, 0.05) is 12.5 Å². The maximum absolute atomic E-state index is 13.5. The Kier molecular flexibility index (Phi) is 3.79. The molecule has 0 aromatic heterocycles. The molecule has 2 aromatic carbocycles. The molecule has 2 aromatic rings. The van der Waals surface area contributed by atoms with Crippen LogP contribution in [0.2, 0.25) is 5.02 Å². The van der Waals surface area contributed by atoms with E-state index in [1.54, 1.807) is 24.3 Å². The number of imide groups is 1. The fraction of sp³-hybridized carbons (Fsp3) is 0.227. The van der Waals surface area contributed by atoms with E-state index < -0.39 is 17.9 Å². The maximum atomic E-state index is 13.5. The monoisotopic (exact) mass is 393 g/mol. The van der Waals surface area contributed by atoms with Crippen LogP contribution in [0.25, 0.3) is 6.08 Å². The van der Waals surface area contributed by atoms with E-state index in [0.29, 0.717) is 10.7 Å². The third kappa shape index (κ3) is 2.20. The van der Waals surface area contributed by atoms with Gasteiger partial charge in [0.2, 0.25) is 11.8 Å². The number of nitrogens with zero attached hydrogens (tertiary/aromatic N) is 1. The van der Waals surface area contributed by atoms with Crippen molar-refractivity contribution in [2.45, 2.75) is 19.0 Å². The number of anilines is 1. The van der Waals surface area contributed by atoms with Crippen molar-refractivity contribution in [3.8, 4) is 0 Å². The molecule has 2 amide bonds. The molecule has 3 aliphatic rings. The highest BCUT2D eigenvalue weighted by molar-refractivity contribution is 6.36. The SMILES string of the molecule is CC(=O)[C@H]1[C@@H]2C(=O)N(c3ccccc3Cl)C(=O)[C@@H]2[C@H]2c3ccccc3C=C[NH+]21. The maximum Gasteiger partial charge on any atom is 0.244 e. The number of halogens is 1. The smallest absolute Gasteiger partial charge is 0.244 e. The minimum absolute atomic E-state index is 0.0845. The predicted octanol–water partition coefficient (Wildman–Crippen LogP) is 2.03. The number of quaternary nitrogens is 1. The van der Waals surface area contributed by atoms with Gasteiger partial charge in [-0.1, -0.05) is 48.0 Å². The van der Waals surface area contributed by atoms with Crippen LogP contribution in [-0.4, -0.2) is 23.6 Å². The first-order valence-corrected chi connectivity index (χ1v) is 9.65. The molecule has 0 spiro atoms. The fourth-order valence-electron chi connectivity index (χ4n) is 5.09. The molecule has 0 saturated carbocycles. The fourth-order valence-corrected chi connectivity index (χ4v) is 5.31. The third-order valence-electron chi connectivity index (χ3n) is 6.15. The molecule has 3 aliphatic heterocycles. The topological polar surface area (TPSA) is 58.9 Å². The van der Waals surface area contributed by atoms with Crippen molar-refractivity contribution in [1.29, 1.82) is 0 Å². The molecular formula is C22H18ClN2O3+. The minimum atomic E-state index is -0.683. The number of hydrogen-bond donors (Lipinski definition) is 1.